The van der Waals surface area contributed by atoms with Crippen LogP contribution in [0.5, 0.6) is 0 Å². The van der Waals surface area contributed by atoms with E-state index in [0.29, 0.717) is 19.7 Å². The monoisotopic (exact) mass is 269 g/mol. The summed E-state index contributed by atoms with van der Waals surface area (Å²) >= 11 is 1.54. The molecule has 0 fully saturated rings. The van der Waals surface area contributed by atoms with Crippen LogP contribution in [0.15, 0.2) is 11.7 Å². The second kappa shape index (κ2) is 6.31. The molecule has 0 radical (unpaired) electrons. The van der Waals surface area contributed by atoms with Gasteiger partial charge in [-0.05, 0) is 0 Å². The van der Waals surface area contributed by atoms with Crippen molar-refractivity contribution in [2.75, 3.05) is 26.8 Å². The van der Waals surface area contributed by atoms with Crippen LogP contribution in [0.2, 0.25) is 0 Å². The standard InChI is InChI=1S/C10H15N5O2S/c1-17-5-4-12-9(16)11-3-2-8-6-18-10-13-7-14-15(8)10/h6-7H,2-5H2,1H3,(H2,11,12,16). The van der Waals surface area contributed by atoms with Crippen LogP contribution >= 0.6 is 11.3 Å². The summed E-state index contributed by atoms with van der Waals surface area (Å²) in [6.45, 7) is 1.58. The van der Waals surface area contributed by atoms with Crippen LogP contribution in [-0.4, -0.2) is 47.4 Å². The Morgan fingerprint density at radius 3 is 3.17 bits per heavy atom. The number of aromatic nitrogens is 3. The van der Waals surface area contributed by atoms with Gasteiger partial charge in [0.1, 0.15) is 6.33 Å². The molecule has 2 amide bonds. The summed E-state index contributed by atoms with van der Waals surface area (Å²) < 4.78 is 6.62. The molecule has 0 saturated carbocycles. The van der Waals surface area contributed by atoms with Crippen molar-refractivity contribution in [2.24, 2.45) is 0 Å². The highest BCUT2D eigenvalue weighted by atomic mass is 32.1. The van der Waals surface area contributed by atoms with Gasteiger partial charge in [0.2, 0.25) is 4.96 Å². The molecule has 98 valence electrons. The van der Waals surface area contributed by atoms with Gasteiger partial charge in [-0.25, -0.2) is 14.3 Å². The van der Waals surface area contributed by atoms with Crippen molar-refractivity contribution in [3.05, 3.63) is 17.4 Å². The number of urea groups is 1. The van der Waals surface area contributed by atoms with Crippen molar-refractivity contribution >= 4 is 22.3 Å². The number of ether oxygens (including phenoxy) is 1. The van der Waals surface area contributed by atoms with E-state index in [9.17, 15) is 4.79 Å². The maximum atomic E-state index is 11.3. The number of carbonyl (C=O) groups excluding carboxylic acids is 1. The molecular formula is C10H15N5O2S. The molecule has 0 spiro atoms. The zero-order valence-corrected chi connectivity index (χ0v) is 10.9. The molecule has 0 aliphatic carbocycles. The lowest BCUT2D eigenvalue weighted by atomic mass is 10.3. The minimum Gasteiger partial charge on any atom is -0.383 e. The van der Waals surface area contributed by atoms with E-state index in [1.54, 1.807) is 23.0 Å². The van der Waals surface area contributed by atoms with Crippen LogP contribution < -0.4 is 10.6 Å². The van der Waals surface area contributed by atoms with E-state index in [0.717, 1.165) is 17.1 Å². The summed E-state index contributed by atoms with van der Waals surface area (Å²) in [6, 6.07) is -0.183. The molecule has 2 rings (SSSR count). The molecule has 0 aliphatic rings. The fraction of sp³-hybridized carbons (Fsp3) is 0.500. The normalized spacial score (nSPS) is 10.7. The maximum Gasteiger partial charge on any atom is 0.314 e. The Labute approximate surface area is 108 Å². The van der Waals surface area contributed by atoms with Crippen molar-refractivity contribution in [1.29, 1.82) is 0 Å². The van der Waals surface area contributed by atoms with E-state index in [1.807, 2.05) is 5.38 Å². The van der Waals surface area contributed by atoms with Gasteiger partial charge in [0.05, 0.1) is 12.3 Å². The highest BCUT2D eigenvalue weighted by Gasteiger charge is 2.05. The van der Waals surface area contributed by atoms with E-state index in [4.69, 9.17) is 4.74 Å². The van der Waals surface area contributed by atoms with Crippen LogP contribution in [-0.2, 0) is 11.2 Å². The lowest BCUT2D eigenvalue weighted by Gasteiger charge is -2.06. The van der Waals surface area contributed by atoms with Gasteiger partial charge in [-0.2, -0.15) is 5.10 Å². The van der Waals surface area contributed by atoms with Crippen molar-refractivity contribution in [1.82, 2.24) is 25.2 Å². The van der Waals surface area contributed by atoms with E-state index in [1.165, 1.54) is 6.33 Å². The van der Waals surface area contributed by atoms with Gasteiger partial charge in [-0.1, -0.05) is 0 Å². The van der Waals surface area contributed by atoms with Crippen LogP contribution in [0.1, 0.15) is 5.69 Å². The predicted octanol–water partition coefficient (Wildman–Crippen LogP) is 0.279. The number of thiazole rings is 1. The Hall–Kier alpha value is -1.67. The van der Waals surface area contributed by atoms with E-state index >= 15 is 0 Å². The van der Waals surface area contributed by atoms with Crippen LogP contribution in [0.3, 0.4) is 0 Å². The average molecular weight is 269 g/mol. The number of methoxy groups -OCH3 is 1. The van der Waals surface area contributed by atoms with E-state index in [-0.39, 0.29) is 6.03 Å². The molecule has 0 atom stereocenters. The van der Waals surface area contributed by atoms with Crippen LogP contribution in [0.4, 0.5) is 4.79 Å². The number of hydrogen-bond donors (Lipinski definition) is 2. The molecule has 2 heterocycles. The van der Waals surface area contributed by atoms with Crippen molar-refractivity contribution in [3.63, 3.8) is 0 Å². The highest BCUT2D eigenvalue weighted by molar-refractivity contribution is 7.15. The molecule has 8 heteroatoms. The molecule has 0 unspecified atom stereocenters. The fourth-order valence-corrected chi connectivity index (χ4v) is 2.31. The second-order valence-corrected chi connectivity index (χ2v) is 4.44. The van der Waals surface area contributed by atoms with Crippen molar-refractivity contribution in [2.45, 2.75) is 6.42 Å². The van der Waals surface area contributed by atoms with Crippen LogP contribution in [0.25, 0.3) is 4.96 Å². The quantitative estimate of drug-likeness (QED) is 0.738. The molecule has 18 heavy (non-hydrogen) atoms. The summed E-state index contributed by atoms with van der Waals surface area (Å²) in [4.78, 5) is 16.3. The number of fused-ring (bicyclic) bond motifs is 1. The summed E-state index contributed by atoms with van der Waals surface area (Å²) in [5.74, 6) is 0. The number of carbonyl (C=O) groups is 1. The van der Waals surface area contributed by atoms with Gasteiger partial charge < -0.3 is 15.4 Å². The summed E-state index contributed by atoms with van der Waals surface area (Å²) in [6.07, 6.45) is 2.25. The topological polar surface area (TPSA) is 80.5 Å². The molecule has 0 aliphatic heterocycles. The largest absolute Gasteiger partial charge is 0.383 e. The first-order valence-corrected chi connectivity index (χ1v) is 6.46. The molecule has 7 nitrogen and oxygen atoms in total. The molecule has 0 saturated heterocycles. The molecule has 2 N–H and O–H groups in total. The third-order valence-electron chi connectivity index (χ3n) is 2.35. The number of rotatable bonds is 6. The summed E-state index contributed by atoms with van der Waals surface area (Å²) in [5.41, 5.74) is 1.05. The van der Waals surface area contributed by atoms with Crippen molar-refractivity contribution < 1.29 is 9.53 Å². The maximum absolute atomic E-state index is 11.3. The molecule has 0 bridgehead atoms. The van der Waals surface area contributed by atoms with E-state index < -0.39 is 0 Å². The Morgan fingerprint density at radius 1 is 1.50 bits per heavy atom. The third kappa shape index (κ3) is 3.17. The lowest BCUT2D eigenvalue weighted by molar-refractivity contribution is 0.196. The minimum absolute atomic E-state index is 0.183. The summed E-state index contributed by atoms with van der Waals surface area (Å²) in [7, 11) is 1.60. The van der Waals surface area contributed by atoms with Gasteiger partial charge in [0.15, 0.2) is 0 Å². The Bertz CT molecular complexity index is 509. The zero-order valence-electron chi connectivity index (χ0n) is 10.0. The predicted molar refractivity (Wildman–Crippen MR) is 67.8 cm³/mol. The first kappa shape index (κ1) is 12.8. The lowest BCUT2D eigenvalue weighted by Crippen LogP contribution is -2.38. The van der Waals surface area contributed by atoms with Gasteiger partial charge in [-0.3, -0.25) is 0 Å². The minimum atomic E-state index is -0.183. The Balaban J connectivity index is 1.72. The van der Waals surface area contributed by atoms with Gasteiger partial charge in [0, 0.05) is 32.0 Å². The van der Waals surface area contributed by atoms with Crippen molar-refractivity contribution in [3.8, 4) is 0 Å². The SMILES string of the molecule is COCCNC(=O)NCCc1csc2ncnn12. The number of nitrogens with one attached hydrogen (secondary N) is 2. The molecule has 2 aromatic heterocycles. The van der Waals surface area contributed by atoms with Crippen LogP contribution in [0, 0.1) is 0 Å². The second-order valence-electron chi connectivity index (χ2n) is 3.61. The number of amides is 2. The third-order valence-corrected chi connectivity index (χ3v) is 3.23. The first-order valence-electron chi connectivity index (χ1n) is 5.58. The van der Waals surface area contributed by atoms with Gasteiger partial charge in [0.25, 0.3) is 0 Å². The fourth-order valence-electron chi connectivity index (χ4n) is 1.48. The van der Waals surface area contributed by atoms with Gasteiger partial charge in [-0.15, -0.1) is 11.3 Å². The van der Waals surface area contributed by atoms with Gasteiger partial charge >= 0.3 is 6.03 Å². The average Bonchev–Trinajstić information content (AvgIpc) is 2.94. The van der Waals surface area contributed by atoms with E-state index in [2.05, 4.69) is 20.7 Å². The zero-order chi connectivity index (χ0) is 12.8. The highest BCUT2D eigenvalue weighted by Crippen LogP contribution is 2.12. The molecule has 2 aromatic rings. The molecular weight excluding hydrogens is 254 g/mol. The number of hydrogen-bond acceptors (Lipinski definition) is 5. The smallest absolute Gasteiger partial charge is 0.314 e. The molecule has 0 aromatic carbocycles. The summed E-state index contributed by atoms with van der Waals surface area (Å²) in [5, 5.41) is 11.6. The Kier molecular flexibility index (Phi) is 4.48. The number of nitrogens with zero attached hydrogens (tertiary/aromatic N) is 3. The Morgan fingerprint density at radius 2 is 2.33 bits per heavy atom. The first-order chi connectivity index (χ1) is 8.81.